The quantitative estimate of drug-likeness (QED) is 0.357. The van der Waals surface area contributed by atoms with Crippen molar-refractivity contribution in [3.63, 3.8) is 0 Å². The van der Waals surface area contributed by atoms with E-state index in [1.165, 1.54) is 0 Å². The number of ether oxygens (including phenoxy) is 4. The molecule has 0 bridgehead atoms. The van der Waals surface area contributed by atoms with E-state index in [2.05, 4.69) is 0 Å². The van der Waals surface area contributed by atoms with Crippen LogP contribution >= 0.6 is 0 Å². The fourth-order valence-corrected chi connectivity index (χ4v) is 2.30. The summed E-state index contributed by atoms with van der Waals surface area (Å²) >= 11 is 0. The van der Waals surface area contributed by atoms with E-state index in [4.69, 9.17) is 18.9 Å². The fourth-order valence-electron chi connectivity index (χ4n) is 2.30. The maximum absolute atomic E-state index is 11.8. The van der Waals surface area contributed by atoms with Gasteiger partial charge in [0.1, 0.15) is 5.75 Å². The van der Waals surface area contributed by atoms with E-state index in [0.29, 0.717) is 26.1 Å². The van der Waals surface area contributed by atoms with E-state index in [-0.39, 0.29) is 18.7 Å². The Morgan fingerprint density at radius 2 is 1.63 bits per heavy atom. The average Bonchev–Trinajstić information content (AvgIpc) is 2.56. The van der Waals surface area contributed by atoms with Gasteiger partial charge in [-0.2, -0.15) is 0 Å². The molecule has 6 nitrogen and oxygen atoms in total. The third-order valence-corrected chi connectivity index (χ3v) is 3.75. The summed E-state index contributed by atoms with van der Waals surface area (Å²) in [6, 6.07) is 7.69. The first kappa shape index (κ1) is 23.4. The van der Waals surface area contributed by atoms with Crippen LogP contribution in [-0.2, 0) is 25.6 Å². The van der Waals surface area contributed by atoms with Crippen LogP contribution in [0.2, 0.25) is 0 Å². The van der Waals surface area contributed by atoms with Gasteiger partial charge < -0.3 is 24.1 Å². The van der Waals surface area contributed by atoms with Gasteiger partial charge in [-0.05, 0) is 58.7 Å². The lowest BCUT2D eigenvalue weighted by molar-refractivity contribution is -0.212. The Kier molecular flexibility index (Phi) is 9.22. The summed E-state index contributed by atoms with van der Waals surface area (Å²) in [4.78, 5) is 11.8. The minimum absolute atomic E-state index is 0.245. The van der Waals surface area contributed by atoms with Crippen LogP contribution in [0.4, 0.5) is 0 Å². The topological polar surface area (TPSA) is 74.2 Å². The van der Waals surface area contributed by atoms with E-state index >= 15 is 0 Å². The standard InChI is InChI=1S/C21H34O6/c1-20(2,3)19(22)26-14-12-18(27-21(4,5)23)11-13-25-15-16-7-9-17(24-6)10-8-16/h7-10,18,23H,11-15H2,1-6H3/t18-/m0/s1. The second-order valence-corrected chi connectivity index (χ2v) is 8.05. The summed E-state index contributed by atoms with van der Waals surface area (Å²) in [7, 11) is 1.63. The normalized spacial score (nSPS) is 13.3. The Balaban J connectivity index is 2.41. The maximum atomic E-state index is 11.8. The lowest BCUT2D eigenvalue weighted by Crippen LogP contribution is -2.32. The van der Waals surface area contributed by atoms with Crippen molar-refractivity contribution in [1.82, 2.24) is 0 Å². The van der Waals surface area contributed by atoms with Gasteiger partial charge in [0, 0.05) is 13.0 Å². The highest BCUT2D eigenvalue weighted by Gasteiger charge is 2.24. The number of rotatable bonds is 11. The summed E-state index contributed by atoms with van der Waals surface area (Å²) in [6.07, 6.45) is 0.818. The van der Waals surface area contributed by atoms with Crippen LogP contribution in [-0.4, -0.2) is 43.3 Å². The van der Waals surface area contributed by atoms with Crippen molar-refractivity contribution in [2.24, 2.45) is 5.41 Å². The van der Waals surface area contributed by atoms with Crippen molar-refractivity contribution in [2.45, 2.75) is 66.0 Å². The Morgan fingerprint density at radius 3 is 2.15 bits per heavy atom. The summed E-state index contributed by atoms with van der Waals surface area (Å²) in [5.74, 6) is -0.697. The zero-order chi connectivity index (χ0) is 20.5. The molecule has 1 aromatic carbocycles. The number of esters is 1. The minimum atomic E-state index is -1.26. The number of methoxy groups -OCH3 is 1. The number of carbonyl (C=O) groups is 1. The third kappa shape index (κ3) is 10.3. The van der Waals surface area contributed by atoms with E-state index in [9.17, 15) is 9.90 Å². The molecular weight excluding hydrogens is 348 g/mol. The molecule has 0 saturated heterocycles. The van der Waals surface area contributed by atoms with Crippen LogP contribution in [0.15, 0.2) is 24.3 Å². The van der Waals surface area contributed by atoms with Crippen molar-refractivity contribution >= 4 is 5.97 Å². The fraction of sp³-hybridized carbons (Fsp3) is 0.667. The molecule has 0 spiro atoms. The van der Waals surface area contributed by atoms with Crippen LogP contribution in [0.3, 0.4) is 0 Å². The van der Waals surface area contributed by atoms with Gasteiger partial charge in [-0.25, -0.2) is 0 Å². The molecule has 0 saturated carbocycles. The van der Waals surface area contributed by atoms with Gasteiger partial charge in [-0.3, -0.25) is 4.79 Å². The molecule has 0 fully saturated rings. The van der Waals surface area contributed by atoms with Crippen molar-refractivity contribution < 1.29 is 28.8 Å². The second kappa shape index (κ2) is 10.6. The van der Waals surface area contributed by atoms with Gasteiger partial charge in [0.15, 0.2) is 5.79 Å². The molecule has 1 aromatic rings. The van der Waals surface area contributed by atoms with E-state index in [1.54, 1.807) is 21.0 Å². The van der Waals surface area contributed by atoms with Crippen molar-refractivity contribution in [3.8, 4) is 5.75 Å². The summed E-state index contributed by atoms with van der Waals surface area (Å²) in [6.45, 7) is 9.81. The number of hydrogen-bond acceptors (Lipinski definition) is 6. The first-order valence-corrected chi connectivity index (χ1v) is 9.29. The maximum Gasteiger partial charge on any atom is 0.311 e. The highest BCUT2D eigenvalue weighted by Crippen LogP contribution is 2.18. The molecule has 1 N–H and O–H groups in total. The number of aliphatic hydroxyl groups is 1. The van der Waals surface area contributed by atoms with Crippen LogP contribution in [0.1, 0.15) is 53.0 Å². The lowest BCUT2D eigenvalue weighted by Gasteiger charge is -2.27. The Bertz CT molecular complexity index is 554. The smallest absolute Gasteiger partial charge is 0.311 e. The van der Waals surface area contributed by atoms with Crippen LogP contribution in [0.25, 0.3) is 0 Å². The van der Waals surface area contributed by atoms with Gasteiger partial charge in [0.05, 0.1) is 31.8 Å². The SMILES string of the molecule is COc1ccc(COCC[C@@H](CCOC(=O)C(C)(C)C)OC(C)(C)O)cc1. The number of hydrogen-bond donors (Lipinski definition) is 1. The number of benzene rings is 1. The summed E-state index contributed by atoms with van der Waals surface area (Å²) in [5, 5.41) is 9.93. The largest absolute Gasteiger partial charge is 0.497 e. The zero-order valence-corrected chi connectivity index (χ0v) is 17.4. The molecule has 0 unspecified atom stereocenters. The molecular formula is C21H34O6. The first-order chi connectivity index (χ1) is 12.5. The lowest BCUT2D eigenvalue weighted by atomic mass is 9.97. The van der Waals surface area contributed by atoms with E-state index in [1.807, 2.05) is 45.0 Å². The average molecular weight is 382 g/mol. The molecule has 154 valence electrons. The summed E-state index contributed by atoms with van der Waals surface area (Å²) < 4.78 is 21.8. The van der Waals surface area contributed by atoms with Gasteiger partial charge in [-0.1, -0.05) is 12.1 Å². The van der Waals surface area contributed by atoms with Crippen molar-refractivity contribution in [3.05, 3.63) is 29.8 Å². The Morgan fingerprint density at radius 1 is 1.04 bits per heavy atom. The van der Waals surface area contributed by atoms with Gasteiger partial charge >= 0.3 is 5.97 Å². The molecule has 0 radical (unpaired) electrons. The molecule has 1 atom stereocenters. The Labute approximate surface area is 162 Å². The molecule has 6 heteroatoms. The zero-order valence-electron chi connectivity index (χ0n) is 17.4. The van der Waals surface area contributed by atoms with Crippen molar-refractivity contribution in [2.75, 3.05) is 20.3 Å². The minimum Gasteiger partial charge on any atom is -0.497 e. The highest BCUT2D eigenvalue weighted by molar-refractivity contribution is 5.75. The summed E-state index contributed by atoms with van der Waals surface area (Å²) in [5.41, 5.74) is 0.517. The first-order valence-electron chi connectivity index (χ1n) is 9.29. The number of carbonyl (C=O) groups excluding carboxylic acids is 1. The monoisotopic (exact) mass is 382 g/mol. The van der Waals surface area contributed by atoms with Gasteiger partial charge in [-0.15, -0.1) is 0 Å². The Hall–Kier alpha value is -1.63. The van der Waals surface area contributed by atoms with E-state index < -0.39 is 11.2 Å². The molecule has 27 heavy (non-hydrogen) atoms. The van der Waals surface area contributed by atoms with Crippen LogP contribution < -0.4 is 4.74 Å². The van der Waals surface area contributed by atoms with Crippen molar-refractivity contribution in [1.29, 1.82) is 0 Å². The third-order valence-electron chi connectivity index (χ3n) is 3.75. The highest BCUT2D eigenvalue weighted by atomic mass is 16.6. The van der Waals surface area contributed by atoms with Crippen LogP contribution in [0.5, 0.6) is 5.75 Å². The molecule has 0 aromatic heterocycles. The molecule has 0 heterocycles. The molecule has 0 aliphatic heterocycles. The van der Waals surface area contributed by atoms with Crippen LogP contribution in [0, 0.1) is 5.41 Å². The predicted octanol–water partition coefficient (Wildman–Crippen LogP) is 3.69. The van der Waals surface area contributed by atoms with Gasteiger partial charge in [0.2, 0.25) is 0 Å². The molecule has 1 rings (SSSR count). The molecule has 0 aliphatic rings. The van der Waals surface area contributed by atoms with Gasteiger partial charge in [0.25, 0.3) is 0 Å². The predicted molar refractivity (Wildman–Crippen MR) is 103 cm³/mol. The molecule has 0 amide bonds. The van der Waals surface area contributed by atoms with E-state index in [0.717, 1.165) is 11.3 Å². The molecule has 0 aliphatic carbocycles. The second-order valence-electron chi connectivity index (χ2n) is 8.05.